The van der Waals surface area contributed by atoms with Crippen LogP contribution in [0.15, 0.2) is 71.4 Å². The van der Waals surface area contributed by atoms with Crippen molar-refractivity contribution in [1.82, 2.24) is 0 Å². The van der Waals surface area contributed by atoms with E-state index in [1.54, 1.807) is 60.7 Å². The van der Waals surface area contributed by atoms with Crippen LogP contribution < -0.4 is 4.81 Å². The zero-order chi connectivity index (χ0) is 16.7. The Labute approximate surface area is 137 Å². The quantitative estimate of drug-likeness (QED) is 0.784. The molecule has 0 saturated carbocycles. The van der Waals surface area contributed by atoms with Gasteiger partial charge in [-0.15, -0.1) is 0 Å². The summed E-state index contributed by atoms with van der Waals surface area (Å²) in [6.45, 7) is 0. The van der Waals surface area contributed by atoms with Crippen LogP contribution in [0, 0.1) is 0 Å². The fraction of sp³-hybridized carbons (Fsp3) is 0. The lowest BCUT2D eigenvalue weighted by Crippen LogP contribution is -2.33. The molecular weight excluding hydrogens is 309 g/mol. The van der Waals surface area contributed by atoms with Gasteiger partial charge in [-0.25, -0.2) is 4.99 Å². The van der Waals surface area contributed by atoms with E-state index in [2.05, 4.69) is 4.99 Å². The largest absolute Gasteiger partial charge is 0.678 e. The highest BCUT2D eigenvalue weighted by Gasteiger charge is 2.32. The molecule has 24 heavy (non-hydrogen) atoms. The van der Waals surface area contributed by atoms with E-state index in [1.807, 2.05) is 0 Å². The lowest BCUT2D eigenvalue weighted by atomic mass is 9.97. The Morgan fingerprint density at radius 1 is 0.958 bits per heavy atom. The van der Waals surface area contributed by atoms with Gasteiger partial charge in [-0.2, -0.15) is 0 Å². The SMILES string of the molecule is O=C1N=C(/C=C2/C=Cc3ccccc3N2B(F)F)c2ccccc21. The summed E-state index contributed by atoms with van der Waals surface area (Å²) in [4.78, 5) is 16.9. The normalized spacial score (nSPS) is 16.9. The maximum absolute atomic E-state index is 13.6. The minimum absolute atomic E-state index is 0.298. The van der Waals surface area contributed by atoms with E-state index < -0.39 is 7.40 Å². The Morgan fingerprint density at radius 2 is 1.67 bits per heavy atom. The molecule has 6 heteroatoms. The van der Waals surface area contributed by atoms with Gasteiger partial charge in [0.2, 0.25) is 0 Å². The van der Waals surface area contributed by atoms with Crippen molar-refractivity contribution in [2.45, 2.75) is 0 Å². The van der Waals surface area contributed by atoms with Crippen LogP contribution >= 0.6 is 0 Å². The predicted octanol–water partition coefficient (Wildman–Crippen LogP) is 3.97. The van der Waals surface area contributed by atoms with E-state index in [0.717, 1.165) is 10.4 Å². The predicted molar refractivity (Wildman–Crippen MR) is 91.3 cm³/mol. The van der Waals surface area contributed by atoms with Gasteiger partial charge in [0, 0.05) is 16.9 Å². The van der Waals surface area contributed by atoms with Crippen LogP contribution in [0.2, 0.25) is 0 Å². The van der Waals surface area contributed by atoms with Gasteiger partial charge in [0.05, 0.1) is 11.3 Å². The number of aliphatic imine (C=N–C) groups is 1. The molecule has 0 spiro atoms. The molecule has 0 radical (unpaired) electrons. The minimum atomic E-state index is -2.70. The molecular formula is C18H11BF2N2O. The molecule has 2 heterocycles. The van der Waals surface area contributed by atoms with E-state index in [0.29, 0.717) is 28.2 Å². The molecule has 0 unspecified atom stereocenters. The van der Waals surface area contributed by atoms with Crippen LogP contribution in [-0.2, 0) is 0 Å². The molecule has 0 bridgehead atoms. The minimum Gasteiger partial charge on any atom is -0.325 e. The third-order valence-corrected chi connectivity index (χ3v) is 4.04. The van der Waals surface area contributed by atoms with E-state index >= 15 is 0 Å². The summed E-state index contributed by atoms with van der Waals surface area (Å²) >= 11 is 0. The van der Waals surface area contributed by atoms with E-state index in [4.69, 9.17) is 0 Å². The number of amides is 1. The average Bonchev–Trinajstić information content (AvgIpc) is 2.91. The molecule has 116 valence electrons. The highest BCUT2D eigenvalue weighted by atomic mass is 19.2. The van der Waals surface area contributed by atoms with Crippen LogP contribution in [0.5, 0.6) is 0 Å². The standard InChI is InChI=1S/C18H11BF2N2O/c20-19(21)23-13(10-9-12-5-1-4-8-17(12)23)11-16-14-6-2-3-7-15(14)18(24)22-16/h1-11H/b13-11-. The smallest absolute Gasteiger partial charge is 0.325 e. The second-order valence-electron chi connectivity index (χ2n) is 5.46. The lowest BCUT2D eigenvalue weighted by molar-refractivity contribution is 0.101. The van der Waals surface area contributed by atoms with Gasteiger partial charge in [-0.1, -0.05) is 42.5 Å². The van der Waals surface area contributed by atoms with Gasteiger partial charge < -0.3 is 4.81 Å². The number of nitrogens with zero attached hydrogens (tertiary/aromatic N) is 2. The molecule has 0 fully saturated rings. The van der Waals surface area contributed by atoms with E-state index in [-0.39, 0.29) is 5.91 Å². The maximum Gasteiger partial charge on any atom is 0.678 e. The summed E-state index contributed by atoms with van der Waals surface area (Å²) in [5.74, 6) is -0.346. The number of hydrogen-bond acceptors (Lipinski definition) is 2. The first-order chi connectivity index (χ1) is 11.6. The molecule has 4 rings (SSSR count). The van der Waals surface area contributed by atoms with Gasteiger partial charge in [-0.05, 0) is 29.8 Å². The zero-order valence-electron chi connectivity index (χ0n) is 12.5. The molecule has 2 aliphatic heterocycles. The number of halogens is 2. The number of para-hydroxylation sites is 1. The summed E-state index contributed by atoms with van der Waals surface area (Å²) in [5.41, 5.74) is 3.01. The number of rotatable bonds is 2. The molecule has 2 aliphatic rings. The second kappa shape index (κ2) is 5.56. The van der Waals surface area contributed by atoms with Crippen molar-refractivity contribution in [3.63, 3.8) is 0 Å². The van der Waals surface area contributed by atoms with Crippen molar-refractivity contribution in [1.29, 1.82) is 0 Å². The third-order valence-electron chi connectivity index (χ3n) is 4.04. The summed E-state index contributed by atoms with van der Waals surface area (Å²) in [6.07, 6.45) is 4.92. The number of hydrogen-bond donors (Lipinski definition) is 0. The number of anilines is 1. The van der Waals surface area contributed by atoms with Gasteiger partial charge in [0.15, 0.2) is 0 Å². The van der Waals surface area contributed by atoms with Crippen molar-refractivity contribution >= 4 is 30.8 Å². The molecule has 2 aromatic rings. The van der Waals surface area contributed by atoms with Crippen LogP contribution in [0.3, 0.4) is 0 Å². The van der Waals surface area contributed by atoms with Crippen molar-refractivity contribution in [2.24, 2.45) is 4.99 Å². The number of carbonyl (C=O) groups excluding carboxylic acids is 1. The van der Waals surface area contributed by atoms with Crippen LogP contribution in [0.1, 0.15) is 21.5 Å². The summed E-state index contributed by atoms with van der Waals surface area (Å²) in [7, 11) is -2.70. The third kappa shape index (κ3) is 2.27. The van der Waals surface area contributed by atoms with E-state index in [1.165, 1.54) is 6.08 Å². The van der Waals surface area contributed by atoms with Crippen LogP contribution in [0.4, 0.5) is 14.3 Å². The Morgan fingerprint density at radius 3 is 2.46 bits per heavy atom. The first-order valence-corrected chi connectivity index (χ1v) is 7.44. The summed E-state index contributed by atoms with van der Waals surface area (Å²) < 4.78 is 27.3. The second-order valence-corrected chi connectivity index (χ2v) is 5.46. The molecule has 3 nitrogen and oxygen atoms in total. The van der Waals surface area contributed by atoms with Crippen molar-refractivity contribution < 1.29 is 13.4 Å². The van der Waals surface area contributed by atoms with Gasteiger partial charge in [-0.3, -0.25) is 13.4 Å². The van der Waals surface area contributed by atoms with Crippen LogP contribution in [-0.4, -0.2) is 19.0 Å². The van der Waals surface area contributed by atoms with Crippen LogP contribution in [0.25, 0.3) is 6.08 Å². The number of allylic oxidation sites excluding steroid dienone is 2. The van der Waals surface area contributed by atoms with E-state index in [9.17, 15) is 13.4 Å². The number of benzene rings is 2. The number of carbonyl (C=O) groups is 1. The summed E-state index contributed by atoms with van der Waals surface area (Å²) in [5, 5.41) is 0. The van der Waals surface area contributed by atoms with Crippen molar-refractivity contribution in [3.8, 4) is 0 Å². The molecule has 0 atom stereocenters. The van der Waals surface area contributed by atoms with Gasteiger partial charge in [0.25, 0.3) is 5.91 Å². The molecule has 0 aliphatic carbocycles. The Balaban J connectivity index is 1.81. The molecule has 2 aromatic carbocycles. The van der Waals surface area contributed by atoms with Gasteiger partial charge in [0.1, 0.15) is 0 Å². The molecule has 0 saturated heterocycles. The molecule has 0 aromatic heterocycles. The maximum atomic E-state index is 13.6. The molecule has 1 amide bonds. The molecule has 0 N–H and O–H groups in total. The van der Waals surface area contributed by atoms with Crippen molar-refractivity contribution in [2.75, 3.05) is 4.81 Å². The topological polar surface area (TPSA) is 32.7 Å². The van der Waals surface area contributed by atoms with Gasteiger partial charge >= 0.3 is 7.40 Å². The zero-order valence-corrected chi connectivity index (χ0v) is 12.5. The Bertz CT molecular complexity index is 934. The average molecular weight is 320 g/mol. The van der Waals surface area contributed by atoms with Crippen molar-refractivity contribution in [3.05, 3.63) is 83.1 Å². The highest BCUT2D eigenvalue weighted by Crippen LogP contribution is 2.33. The first-order valence-electron chi connectivity index (χ1n) is 7.44. The summed E-state index contributed by atoms with van der Waals surface area (Å²) in [6, 6.07) is 14.0. The fourth-order valence-corrected chi connectivity index (χ4v) is 2.95. The Hall–Kier alpha value is -3.02. The fourth-order valence-electron chi connectivity index (χ4n) is 2.95. The highest BCUT2D eigenvalue weighted by molar-refractivity contribution is 6.50. The Kier molecular flexibility index (Phi) is 3.38. The first kappa shape index (κ1) is 14.6. The lowest BCUT2D eigenvalue weighted by Gasteiger charge is -2.28. The monoisotopic (exact) mass is 320 g/mol. The number of fused-ring (bicyclic) bond motifs is 2.